The standard InChI is InChI=1S/C21H15ClN2O3S/c1-26-14-8-6-13(7-9-14)23-21-24-20(25)19(28-21)12-15-10-11-18(27-15)16-4-2-3-5-17(16)22/h2-12H,1H3,(H,23,24,25). The predicted octanol–water partition coefficient (Wildman–Crippen LogP) is 5.50. The van der Waals surface area contributed by atoms with E-state index in [0.29, 0.717) is 26.6 Å². The average Bonchev–Trinajstić information content (AvgIpc) is 3.30. The maximum atomic E-state index is 12.2. The number of thioether (sulfide) groups is 1. The number of carbonyl (C=O) groups is 1. The van der Waals surface area contributed by atoms with Crippen molar-refractivity contribution in [1.82, 2.24) is 5.32 Å². The number of rotatable bonds is 4. The molecule has 0 unspecified atom stereocenters. The molecule has 140 valence electrons. The molecule has 0 spiro atoms. The Kier molecular flexibility index (Phi) is 5.23. The lowest BCUT2D eigenvalue weighted by Crippen LogP contribution is -2.19. The zero-order chi connectivity index (χ0) is 19.5. The van der Waals surface area contributed by atoms with Crippen molar-refractivity contribution in [3.63, 3.8) is 0 Å². The number of amidine groups is 1. The van der Waals surface area contributed by atoms with Crippen LogP contribution in [-0.4, -0.2) is 18.2 Å². The Hall–Kier alpha value is -2.96. The Morgan fingerprint density at radius 3 is 2.64 bits per heavy atom. The number of carbonyl (C=O) groups excluding carboxylic acids is 1. The highest BCUT2D eigenvalue weighted by Crippen LogP contribution is 2.32. The number of halogens is 1. The van der Waals surface area contributed by atoms with E-state index in [1.807, 2.05) is 48.5 Å². The van der Waals surface area contributed by atoms with Gasteiger partial charge in [-0.3, -0.25) is 4.79 Å². The van der Waals surface area contributed by atoms with Gasteiger partial charge >= 0.3 is 0 Å². The van der Waals surface area contributed by atoms with E-state index in [1.54, 1.807) is 25.3 Å². The summed E-state index contributed by atoms with van der Waals surface area (Å²) in [5.74, 6) is 1.75. The second-order valence-electron chi connectivity index (χ2n) is 5.86. The third-order valence-corrected chi connectivity index (χ3v) is 5.23. The topological polar surface area (TPSA) is 63.8 Å². The zero-order valence-corrected chi connectivity index (χ0v) is 16.4. The van der Waals surface area contributed by atoms with E-state index in [2.05, 4.69) is 10.3 Å². The first-order valence-electron chi connectivity index (χ1n) is 8.41. The highest BCUT2D eigenvalue weighted by molar-refractivity contribution is 8.18. The number of amides is 1. The maximum absolute atomic E-state index is 12.2. The molecule has 1 aliphatic heterocycles. The Morgan fingerprint density at radius 1 is 1.11 bits per heavy atom. The molecule has 2 heterocycles. The van der Waals surface area contributed by atoms with Crippen LogP contribution in [-0.2, 0) is 4.79 Å². The molecule has 0 radical (unpaired) electrons. The van der Waals surface area contributed by atoms with E-state index in [1.165, 1.54) is 11.8 Å². The van der Waals surface area contributed by atoms with Crippen molar-refractivity contribution in [2.75, 3.05) is 7.11 Å². The van der Waals surface area contributed by atoms with Crippen molar-refractivity contribution in [3.05, 3.63) is 76.4 Å². The average molecular weight is 411 g/mol. The Morgan fingerprint density at radius 2 is 1.89 bits per heavy atom. The Labute approximate surface area is 171 Å². The number of methoxy groups -OCH3 is 1. The van der Waals surface area contributed by atoms with Crippen molar-refractivity contribution in [1.29, 1.82) is 0 Å². The molecular weight excluding hydrogens is 396 g/mol. The first-order chi connectivity index (χ1) is 13.6. The van der Waals surface area contributed by atoms with E-state index in [4.69, 9.17) is 20.8 Å². The van der Waals surface area contributed by atoms with Crippen molar-refractivity contribution < 1.29 is 13.9 Å². The predicted molar refractivity (Wildman–Crippen MR) is 113 cm³/mol. The van der Waals surface area contributed by atoms with Gasteiger partial charge in [0.15, 0.2) is 5.17 Å². The van der Waals surface area contributed by atoms with Crippen LogP contribution < -0.4 is 10.1 Å². The van der Waals surface area contributed by atoms with E-state index in [-0.39, 0.29) is 5.91 Å². The summed E-state index contributed by atoms with van der Waals surface area (Å²) in [5, 5.41) is 3.88. The molecule has 1 aliphatic rings. The summed E-state index contributed by atoms with van der Waals surface area (Å²) in [5.41, 5.74) is 1.53. The molecule has 0 atom stereocenters. The lowest BCUT2D eigenvalue weighted by molar-refractivity contribution is -0.115. The number of nitrogens with zero attached hydrogens (tertiary/aromatic N) is 1. The number of ether oxygens (including phenoxy) is 1. The van der Waals surface area contributed by atoms with Crippen LogP contribution in [0.2, 0.25) is 5.02 Å². The lowest BCUT2D eigenvalue weighted by atomic mass is 10.2. The fraction of sp³-hybridized carbons (Fsp3) is 0.0476. The smallest absolute Gasteiger partial charge is 0.264 e. The second kappa shape index (κ2) is 7.96. The summed E-state index contributed by atoms with van der Waals surface area (Å²) in [6.07, 6.45) is 1.69. The molecule has 7 heteroatoms. The van der Waals surface area contributed by atoms with Gasteiger partial charge in [0.2, 0.25) is 0 Å². The molecule has 1 N–H and O–H groups in total. The molecule has 28 heavy (non-hydrogen) atoms. The van der Waals surface area contributed by atoms with E-state index in [0.717, 1.165) is 17.0 Å². The minimum atomic E-state index is -0.215. The van der Waals surface area contributed by atoms with Crippen molar-refractivity contribution in [2.45, 2.75) is 0 Å². The third-order valence-electron chi connectivity index (χ3n) is 3.99. The summed E-state index contributed by atoms with van der Waals surface area (Å²) in [7, 11) is 1.61. The number of hydrogen-bond acceptors (Lipinski definition) is 5. The molecule has 0 saturated carbocycles. The molecule has 0 aliphatic carbocycles. The van der Waals surface area contributed by atoms with Gasteiger partial charge in [-0.2, -0.15) is 0 Å². The van der Waals surface area contributed by atoms with Crippen LogP contribution in [0.4, 0.5) is 5.69 Å². The monoisotopic (exact) mass is 410 g/mol. The second-order valence-corrected chi connectivity index (χ2v) is 7.30. The maximum Gasteiger partial charge on any atom is 0.264 e. The molecule has 2 aromatic carbocycles. The van der Waals surface area contributed by atoms with Crippen molar-refractivity contribution >= 4 is 46.2 Å². The van der Waals surface area contributed by atoms with Crippen LogP contribution in [0.25, 0.3) is 17.4 Å². The highest BCUT2D eigenvalue weighted by Gasteiger charge is 2.24. The summed E-state index contributed by atoms with van der Waals surface area (Å²) in [4.78, 5) is 17.2. The van der Waals surface area contributed by atoms with Crippen molar-refractivity contribution in [2.24, 2.45) is 4.99 Å². The first kappa shape index (κ1) is 18.4. The molecule has 3 aromatic rings. The van der Waals surface area contributed by atoms with E-state index >= 15 is 0 Å². The largest absolute Gasteiger partial charge is 0.497 e. The van der Waals surface area contributed by atoms with E-state index in [9.17, 15) is 4.79 Å². The molecule has 1 amide bonds. The highest BCUT2D eigenvalue weighted by atomic mass is 35.5. The van der Waals surface area contributed by atoms with Crippen LogP contribution in [0.3, 0.4) is 0 Å². The molecule has 5 nitrogen and oxygen atoms in total. The van der Waals surface area contributed by atoms with Crippen LogP contribution in [0.15, 0.2) is 75.0 Å². The van der Waals surface area contributed by atoms with Gasteiger partial charge in [-0.1, -0.05) is 23.7 Å². The van der Waals surface area contributed by atoms with Gasteiger partial charge in [0.25, 0.3) is 5.91 Å². The molecular formula is C21H15ClN2O3S. The van der Waals surface area contributed by atoms with Gasteiger partial charge in [-0.05, 0) is 60.3 Å². The number of aliphatic imine (C=N–C) groups is 1. The van der Waals surface area contributed by atoms with Gasteiger partial charge < -0.3 is 14.5 Å². The fourth-order valence-corrected chi connectivity index (χ4v) is 3.67. The van der Waals surface area contributed by atoms with Gasteiger partial charge in [0, 0.05) is 11.6 Å². The molecule has 1 aromatic heterocycles. The van der Waals surface area contributed by atoms with Crippen molar-refractivity contribution in [3.8, 4) is 17.1 Å². The Balaban J connectivity index is 1.53. The van der Waals surface area contributed by atoms with E-state index < -0.39 is 0 Å². The van der Waals surface area contributed by atoms with Crippen LogP contribution >= 0.6 is 23.4 Å². The number of benzene rings is 2. The summed E-state index contributed by atoms with van der Waals surface area (Å²) < 4.78 is 11.0. The fourth-order valence-electron chi connectivity index (χ4n) is 2.62. The lowest BCUT2D eigenvalue weighted by Gasteiger charge is -1.99. The van der Waals surface area contributed by atoms with Gasteiger partial charge in [-0.15, -0.1) is 0 Å². The molecule has 4 rings (SSSR count). The third kappa shape index (κ3) is 3.98. The van der Waals surface area contributed by atoms with Gasteiger partial charge in [0.1, 0.15) is 17.3 Å². The number of furan rings is 1. The molecule has 1 fully saturated rings. The number of nitrogens with one attached hydrogen (secondary N) is 1. The minimum Gasteiger partial charge on any atom is -0.497 e. The number of hydrogen-bond donors (Lipinski definition) is 1. The van der Waals surface area contributed by atoms with Gasteiger partial charge in [-0.25, -0.2) is 4.99 Å². The quantitative estimate of drug-likeness (QED) is 0.577. The summed E-state index contributed by atoms with van der Waals surface area (Å²) in [6, 6.07) is 18.4. The zero-order valence-electron chi connectivity index (χ0n) is 14.8. The van der Waals surface area contributed by atoms with Gasteiger partial charge in [0.05, 0.1) is 22.7 Å². The minimum absolute atomic E-state index is 0.215. The molecule has 0 bridgehead atoms. The normalized spacial score (nSPS) is 16.6. The summed E-state index contributed by atoms with van der Waals surface area (Å²) in [6.45, 7) is 0. The molecule has 1 saturated heterocycles. The summed E-state index contributed by atoms with van der Waals surface area (Å²) >= 11 is 7.47. The van der Waals surface area contributed by atoms with Crippen LogP contribution in [0.1, 0.15) is 5.76 Å². The Bertz CT molecular complexity index is 1090. The van der Waals surface area contributed by atoms with Crippen LogP contribution in [0, 0.1) is 0 Å². The first-order valence-corrected chi connectivity index (χ1v) is 9.60. The SMILES string of the molecule is COc1ccc(N=C2NC(=O)C(=Cc3ccc(-c4ccccc4Cl)o3)S2)cc1. The van der Waals surface area contributed by atoms with Crippen LogP contribution in [0.5, 0.6) is 5.75 Å².